The molecule has 0 aromatic heterocycles. The SMILES string of the molecule is [2H][13C]([2H])([2H])Oc1ccc(Cl)cc1C(=O)O. The van der Waals surface area contributed by atoms with Crippen molar-refractivity contribution in [3.63, 3.8) is 0 Å². The van der Waals surface area contributed by atoms with Crippen LogP contribution in [0.15, 0.2) is 18.2 Å². The summed E-state index contributed by atoms with van der Waals surface area (Å²) in [5, 5.41) is 8.96. The Labute approximate surface area is 78.7 Å². The molecule has 1 rings (SSSR count). The van der Waals surface area contributed by atoms with Gasteiger partial charge in [-0.25, -0.2) is 4.79 Å². The molecule has 1 aromatic carbocycles. The van der Waals surface area contributed by atoms with E-state index in [1.54, 1.807) is 0 Å². The topological polar surface area (TPSA) is 46.5 Å². The van der Waals surface area contributed by atoms with E-state index in [-0.39, 0.29) is 16.3 Å². The zero-order chi connectivity index (χ0) is 11.6. The molecule has 0 atom stereocenters. The van der Waals surface area contributed by atoms with Gasteiger partial charge in [-0.05, 0) is 18.2 Å². The number of carboxylic acid groups (broad SMARTS) is 1. The van der Waals surface area contributed by atoms with Crippen LogP contribution >= 0.6 is 11.6 Å². The maximum atomic E-state index is 10.7. The number of hydrogen-bond donors (Lipinski definition) is 1. The summed E-state index contributed by atoms with van der Waals surface area (Å²) < 4.78 is 25.0. The first-order valence-electron chi connectivity index (χ1n) is 4.51. The monoisotopic (exact) mass is 190 g/mol. The van der Waals surface area contributed by atoms with Crippen molar-refractivity contribution >= 4 is 17.6 Å². The quantitative estimate of drug-likeness (QED) is 0.726. The Morgan fingerprint density at radius 1 is 1.75 bits per heavy atom. The van der Waals surface area contributed by atoms with Crippen LogP contribution in [0.3, 0.4) is 0 Å². The molecule has 0 bridgehead atoms. The highest BCUT2D eigenvalue weighted by Crippen LogP contribution is 2.22. The van der Waals surface area contributed by atoms with Crippen LogP contribution in [-0.4, -0.2) is 18.1 Å². The van der Waals surface area contributed by atoms with Crippen LogP contribution in [0.25, 0.3) is 0 Å². The van der Waals surface area contributed by atoms with Gasteiger partial charge in [-0.3, -0.25) is 0 Å². The van der Waals surface area contributed by atoms with Crippen LogP contribution in [-0.2, 0) is 0 Å². The van der Waals surface area contributed by atoms with Crippen LogP contribution in [0.2, 0.25) is 5.02 Å². The van der Waals surface area contributed by atoms with Gasteiger partial charge >= 0.3 is 5.97 Å². The number of aromatic carboxylic acids is 1. The summed E-state index contributed by atoms with van der Waals surface area (Å²) in [6.45, 7) is 0. The Morgan fingerprint density at radius 3 is 3.08 bits per heavy atom. The highest BCUT2D eigenvalue weighted by molar-refractivity contribution is 6.31. The summed E-state index contributed by atoms with van der Waals surface area (Å²) in [7, 11) is -2.68. The molecule has 0 heterocycles. The number of halogens is 1. The van der Waals surface area contributed by atoms with Crippen LogP contribution in [0.4, 0.5) is 0 Å². The average Bonchev–Trinajstić information content (AvgIpc) is 2.05. The van der Waals surface area contributed by atoms with Gasteiger partial charge in [0.15, 0.2) is 0 Å². The first-order valence-corrected chi connectivity index (χ1v) is 3.39. The second-order valence-electron chi connectivity index (χ2n) is 2.05. The molecule has 0 aliphatic heterocycles. The van der Waals surface area contributed by atoms with Gasteiger partial charge in [0.1, 0.15) is 11.3 Å². The number of methoxy groups -OCH3 is 1. The Kier molecular flexibility index (Phi) is 1.56. The third kappa shape index (κ3) is 1.68. The van der Waals surface area contributed by atoms with E-state index in [1.807, 2.05) is 0 Å². The molecule has 0 aliphatic carbocycles. The number of carbonyl (C=O) groups is 1. The Bertz CT molecular complexity index is 389. The molecular formula is C8H7ClO3. The lowest BCUT2D eigenvalue weighted by Crippen LogP contribution is -1.99. The molecule has 12 heavy (non-hydrogen) atoms. The molecule has 0 amide bonds. The second kappa shape index (κ2) is 3.45. The van der Waals surface area contributed by atoms with Crippen molar-refractivity contribution in [2.24, 2.45) is 0 Å². The molecule has 1 N–H and O–H groups in total. The summed E-state index contributed by atoms with van der Waals surface area (Å²) in [6, 6.07) is 3.69. The summed E-state index contributed by atoms with van der Waals surface area (Å²) in [6.07, 6.45) is 0. The van der Waals surface area contributed by atoms with Crippen LogP contribution in [0, 0.1) is 0 Å². The van der Waals surface area contributed by atoms with Gasteiger partial charge in [0.2, 0.25) is 0 Å². The average molecular weight is 191 g/mol. The van der Waals surface area contributed by atoms with Crippen molar-refractivity contribution in [3.8, 4) is 5.75 Å². The molecule has 3 nitrogen and oxygen atoms in total. The summed E-state index contributed by atoms with van der Waals surface area (Å²) >= 11 is 5.57. The second-order valence-corrected chi connectivity index (χ2v) is 2.48. The van der Waals surface area contributed by atoms with Crippen LogP contribution in [0.5, 0.6) is 5.75 Å². The largest absolute Gasteiger partial charge is 0.496 e. The van der Waals surface area contributed by atoms with Gasteiger partial charge in [0, 0.05) is 5.02 Å². The van der Waals surface area contributed by atoms with Crippen LogP contribution < -0.4 is 4.74 Å². The minimum Gasteiger partial charge on any atom is -0.496 e. The van der Waals surface area contributed by atoms with E-state index in [0.717, 1.165) is 6.07 Å². The molecule has 0 aliphatic rings. The van der Waals surface area contributed by atoms with Crippen molar-refractivity contribution in [2.75, 3.05) is 7.04 Å². The zero-order valence-electron chi connectivity index (χ0n) is 8.87. The Balaban J connectivity index is 3.12. The third-order valence-corrected chi connectivity index (χ3v) is 1.52. The lowest BCUT2D eigenvalue weighted by atomic mass is 10.2. The molecule has 4 heteroatoms. The maximum Gasteiger partial charge on any atom is 0.339 e. The van der Waals surface area contributed by atoms with Gasteiger partial charge in [0.05, 0.1) is 11.2 Å². The molecule has 0 saturated carbocycles. The van der Waals surface area contributed by atoms with Crippen molar-refractivity contribution in [2.45, 2.75) is 0 Å². The predicted octanol–water partition coefficient (Wildman–Crippen LogP) is 2.05. The highest BCUT2D eigenvalue weighted by atomic mass is 35.5. The van der Waals surface area contributed by atoms with E-state index in [0.29, 0.717) is 0 Å². The van der Waals surface area contributed by atoms with Gasteiger partial charge < -0.3 is 9.84 Å². The molecule has 64 valence electrons. The van der Waals surface area contributed by atoms with Crippen molar-refractivity contribution in [1.29, 1.82) is 0 Å². The van der Waals surface area contributed by atoms with Gasteiger partial charge in [-0.1, -0.05) is 11.6 Å². The van der Waals surface area contributed by atoms with E-state index < -0.39 is 13.0 Å². The fourth-order valence-corrected chi connectivity index (χ4v) is 0.930. The van der Waals surface area contributed by atoms with Gasteiger partial charge in [-0.2, -0.15) is 0 Å². The minimum atomic E-state index is -2.68. The van der Waals surface area contributed by atoms with E-state index >= 15 is 0 Å². The lowest BCUT2D eigenvalue weighted by Gasteiger charge is -2.03. The highest BCUT2D eigenvalue weighted by Gasteiger charge is 2.10. The molecule has 0 radical (unpaired) electrons. The van der Waals surface area contributed by atoms with E-state index in [4.69, 9.17) is 20.8 Å². The van der Waals surface area contributed by atoms with Gasteiger partial charge in [-0.15, -0.1) is 0 Å². The fraction of sp³-hybridized carbons (Fsp3) is 0.125. The van der Waals surface area contributed by atoms with Crippen LogP contribution in [0.1, 0.15) is 14.5 Å². The number of ether oxygens (including phenoxy) is 1. The number of benzene rings is 1. The Hall–Kier alpha value is -1.22. The molecule has 1 aromatic rings. The first kappa shape index (κ1) is 5.43. The van der Waals surface area contributed by atoms with E-state index in [1.165, 1.54) is 12.1 Å². The first-order chi connectivity index (χ1) is 6.79. The summed E-state index contributed by atoms with van der Waals surface area (Å²) in [4.78, 5) is 10.7. The smallest absolute Gasteiger partial charge is 0.339 e. The van der Waals surface area contributed by atoms with Crippen molar-refractivity contribution in [3.05, 3.63) is 28.8 Å². The van der Waals surface area contributed by atoms with E-state index in [2.05, 4.69) is 4.74 Å². The number of rotatable bonds is 2. The normalized spacial score (nSPS) is 14.2. The standard InChI is InChI=1S/C8H7ClO3/c1-12-7-3-2-5(9)4-6(7)8(10)11/h2-4H,1H3,(H,10,11)/i1+1D3. The molecular weight excluding hydrogens is 181 g/mol. The third-order valence-electron chi connectivity index (χ3n) is 1.28. The lowest BCUT2D eigenvalue weighted by molar-refractivity contribution is 0.0693. The molecule has 0 fully saturated rings. The minimum absolute atomic E-state index is 0.199. The molecule has 0 spiro atoms. The summed E-state index contributed by atoms with van der Waals surface area (Å²) in [5.41, 5.74) is -0.279. The molecule has 0 unspecified atom stereocenters. The zero-order valence-corrected chi connectivity index (χ0v) is 6.63. The number of carboxylic acids is 1. The van der Waals surface area contributed by atoms with Gasteiger partial charge in [0.25, 0.3) is 0 Å². The maximum absolute atomic E-state index is 10.7. The van der Waals surface area contributed by atoms with Crippen molar-refractivity contribution in [1.82, 2.24) is 0 Å². The molecule has 0 saturated heterocycles. The summed E-state index contributed by atoms with van der Waals surface area (Å²) in [5.74, 6) is -1.52. The predicted molar refractivity (Wildman–Crippen MR) is 45.0 cm³/mol. The van der Waals surface area contributed by atoms with E-state index in [9.17, 15) is 4.79 Å². The Morgan fingerprint density at radius 2 is 2.50 bits per heavy atom. The fourth-order valence-electron chi connectivity index (χ4n) is 0.758. The van der Waals surface area contributed by atoms with Crippen molar-refractivity contribution < 1.29 is 18.8 Å². The number of hydrogen-bond acceptors (Lipinski definition) is 2.